The topological polar surface area (TPSA) is 0 Å². The molecule has 19 heavy (non-hydrogen) atoms. The summed E-state index contributed by atoms with van der Waals surface area (Å²) in [6.45, 7) is 2.08. The molecule has 0 saturated heterocycles. The molecule has 94 valence electrons. The first-order valence-corrected chi connectivity index (χ1v) is 6.56. The molecule has 0 aromatic heterocycles. The third kappa shape index (κ3) is 2.12. The Kier molecular flexibility index (Phi) is 3.04. The molecule has 0 heterocycles. The van der Waals surface area contributed by atoms with Crippen LogP contribution in [0.1, 0.15) is 12.5 Å². The van der Waals surface area contributed by atoms with E-state index in [2.05, 4.69) is 19.1 Å². The lowest BCUT2D eigenvalue weighted by molar-refractivity contribution is 0.631. The molecule has 0 N–H and O–H groups in total. The second-order valence-corrected chi connectivity index (χ2v) is 4.69. The maximum atomic E-state index is 14.1. The van der Waals surface area contributed by atoms with Crippen molar-refractivity contribution in [3.05, 3.63) is 72.0 Å². The van der Waals surface area contributed by atoms with Gasteiger partial charge in [-0.1, -0.05) is 55.5 Å². The second kappa shape index (κ2) is 4.85. The maximum absolute atomic E-state index is 14.1. The van der Waals surface area contributed by atoms with Gasteiger partial charge < -0.3 is 0 Å². The van der Waals surface area contributed by atoms with Crippen LogP contribution in [0, 0.1) is 5.82 Å². The van der Waals surface area contributed by atoms with Crippen molar-refractivity contribution < 1.29 is 4.39 Å². The maximum Gasteiger partial charge on any atom is 0.131 e. The molecule has 3 rings (SSSR count). The molecule has 0 saturated carbocycles. The number of hydrogen-bond acceptors (Lipinski definition) is 0. The zero-order valence-corrected chi connectivity index (χ0v) is 10.9. The van der Waals surface area contributed by atoms with Crippen LogP contribution in [-0.2, 0) is 6.42 Å². The minimum Gasteiger partial charge on any atom is -0.206 e. The fraction of sp³-hybridized carbons (Fsp3) is 0.111. The Hall–Kier alpha value is -2.15. The van der Waals surface area contributed by atoms with Crippen LogP contribution >= 0.6 is 0 Å². The molecule has 0 amide bonds. The molecule has 0 aliphatic rings. The van der Waals surface area contributed by atoms with Gasteiger partial charge >= 0.3 is 0 Å². The van der Waals surface area contributed by atoms with E-state index in [-0.39, 0.29) is 5.82 Å². The lowest BCUT2D eigenvalue weighted by Crippen LogP contribution is -1.89. The summed E-state index contributed by atoms with van der Waals surface area (Å²) in [7, 11) is 0. The van der Waals surface area contributed by atoms with Crippen LogP contribution in [-0.4, -0.2) is 0 Å². The molecular weight excluding hydrogens is 235 g/mol. The lowest BCUT2D eigenvalue weighted by Gasteiger charge is -2.09. The minimum absolute atomic E-state index is 0.159. The average molecular weight is 250 g/mol. The largest absolute Gasteiger partial charge is 0.206 e. The van der Waals surface area contributed by atoms with Gasteiger partial charge in [-0.2, -0.15) is 0 Å². The molecule has 0 aliphatic carbocycles. The van der Waals surface area contributed by atoms with Crippen molar-refractivity contribution >= 4 is 10.8 Å². The van der Waals surface area contributed by atoms with Crippen molar-refractivity contribution in [3.63, 3.8) is 0 Å². The first kappa shape index (κ1) is 11.9. The summed E-state index contributed by atoms with van der Waals surface area (Å²) in [6.07, 6.45) is 0.915. The summed E-state index contributed by atoms with van der Waals surface area (Å²) in [4.78, 5) is 0. The Morgan fingerprint density at radius 1 is 0.842 bits per heavy atom. The van der Waals surface area contributed by atoms with Gasteiger partial charge in [0, 0.05) is 5.56 Å². The Bertz CT molecular complexity index is 723. The third-order valence-electron chi connectivity index (χ3n) is 3.52. The van der Waals surface area contributed by atoms with Gasteiger partial charge in [0.25, 0.3) is 0 Å². The van der Waals surface area contributed by atoms with E-state index in [1.54, 1.807) is 6.07 Å². The zero-order chi connectivity index (χ0) is 13.2. The Morgan fingerprint density at radius 2 is 1.63 bits per heavy atom. The van der Waals surface area contributed by atoms with Gasteiger partial charge in [0.2, 0.25) is 0 Å². The van der Waals surface area contributed by atoms with Crippen LogP contribution in [0.5, 0.6) is 0 Å². The summed E-state index contributed by atoms with van der Waals surface area (Å²) >= 11 is 0. The summed E-state index contributed by atoms with van der Waals surface area (Å²) in [5, 5.41) is 2.23. The fourth-order valence-electron chi connectivity index (χ4n) is 2.46. The summed E-state index contributed by atoms with van der Waals surface area (Å²) in [5.74, 6) is -0.159. The van der Waals surface area contributed by atoms with Crippen molar-refractivity contribution in [1.29, 1.82) is 0 Å². The SMILES string of the molecule is CCc1ccc(F)c(-c2cccc3ccccc23)c1. The van der Waals surface area contributed by atoms with Crippen LogP contribution in [0.2, 0.25) is 0 Å². The fourth-order valence-corrected chi connectivity index (χ4v) is 2.46. The van der Waals surface area contributed by atoms with Crippen LogP contribution < -0.4 is 0 Å². The van der Waals surface area contributed by atoms with Gasteiger partial charge in [-0.25, -0.2) is 4.39 Å². The highest BCUT2D eigenvalue weighted by Crippen LogP contribution is 2.31. The molecule has 3 aromatic carbocycles. The van der Waals surface area contributed by atoms with E-state index in [1.165, 1.54) is 0 Å². The molecule has 3 aromatic rings. The van der Waals surface area contributed by atoms with E-state index >= 15 is 0 Å². The van der Waals surface area contributed by atoms with Gasteiger partial charge in [-0.15, -0.1) is 0 Å². The molecule has 0 spiro atoms. The van der Waals surface area contributed by atoms with Gasteiger partial charge in [0.15, 0.2) is 0 Å². The summed E-state index contributed by atoms with van der Waals surface area (Å²) in [6, 6.07) is 19.5. The zero-order valence-electron chi connectivity index (χ0n) is 10.9. The van der Waals surface area contributed by atoms with Crippen molar-refractivity contribution in [1.82, 2.24) is 0 Å². The van der Waals surface area contributed by atoms with Crippen LogP contribution in [0.15, 0.2) is 60.7 Å². The van der Waals surface area contributed by atoms with E-state index in [0.717, 1.165) is 28.3 Å². The molecule has 0 nitrogen and oxygen atoms in total. The van der Waals surface area contributed by atoms with Crippen molar-refractivity contribution in [2.75, 3.05) is 0 Å². The first-order valence-electron chi connectivity index (χ1n) is 6.56. The van der Waals surface area contributed by atoms with Gasteiger partial charge in [-0.3, -0.25) is 0 Å². The highest BCUT2D eigenvalue weighted by atomic mass is 19.1. The van der Waals surface area contributed by atoms with Crippen molar-refractivity contribution in [2.24, 2.45) is 0 Å². The monoisotopic (exact) mass is 250 g/mol. The Morgan fingerprint density at radius 3 is 2.47 bits per heavy atom. The highest BCUT2D eigenvalue weighted by Gasteiger charge is 2.09. The van der Waals surface area contributed by atoms with Gasteiger partial charge in [-0.05, 0) is 40.5 Å². The standard InChI is InChI=1S/C18H15F/c1-2-13-10-11-18(19)17(12-13)16-9-5-7-14-6-3-4-8-15(14)16/h3-12H,2H2,1H3. The normalized spacial score (nSPS) is 10.8. The molecule has 1 heteroatoms. The van der Waals surface area contributed by atoms with E-state index in [1.807, 2.05) is 42.5 Å². The van der Waals surface area contributed by atoms with Crippen molar-refractivity contribution in [2.45, 2.75) is 13.3 Å². The van der Waals surface area contributed by atoms with E-state index in [0.29, 0.717) is 5.56 Å². The number of rotatable bonds is 2. The molecule has 0 fully saturated rings. The number of aryl methyl sites for hydroxylation is 1. The molecule has 0 radical (unpaired) electrons. The van der Waals surface area contributed by atoms with Crippen LogP contribution in [0.3, 0.4) is 0 Å². The van der Waals surface area contributed by atoms with Gasteiger partial charge in [0.1, 0.15) is 5.82 Å². The molecule has 0 unspecified atom stereocenters. The summed E-state index contributed by atoms with van der Waals surface area (Å²) < 4.78 is 14.1. The second-order valence-electron chi connectivity index (χ2n) is 4.69. The lowest BCUT2D eigenvalue weighted by atomic mass is 9.96. The van der Waals surface area contributed by atoms with E-state index in [4.69, 9.17) is 0 Å². The Labute approximate surface area is 112 Å². The first-order chi connectivity index (χ1) is 9.29. The summed E-state index contributed by atoms with van der Waals surface area (Å²) in [5.41, 5.74) is 2.81. The average Bonchev–Trinajstić information content (AvgIpc) is 2.47. The smallest absolute Gasteiger partial charge is 0.131 e. The quantitative estimate of drug-likeness (QED) is 0.585. The third-order valence-corrected chi connectivity index (χ3v) is 3.52. The highest BCUT2D eigenvalue weighted by molar-refractivity contribution is 5.96. The van der Waals surface area contributed by atoms with Crippen LogP contribution in [0.25, 0.3) is 21.9 Å². The minimum atomic E-state index is -0.159. The van der Waals surface area contributed by atoms with E-state index in [9.17, 15) is 4.39 Å². The van der Waals surface area contributed by atoms with E-state index < -0.39 is 0 Å². The number of fused-ring (bicyclic) bond motifs is 1. The van der Waals surface area contributed by atoms with Gasteiger partial charge in [0.05, 0.1) is 0 Å². The van der Waals surface area contributed by atoms with Crippen molar-refractivity contribution in [3.8, 4) is 11.1 Å². The molecule has 0 atom stereocenters. The predicted octanol–water partition coefficient (Wildman–Crippen LogP) is 5.21. The Balaban J connectivity index is 2.30. The number of hydrogen-bond donors (Lipinski definition) is 0. The predicted molar refractivity (Wildman–Crippen MR) is 78.7 cm³/mol. The van der Waals surface area contributed by atoms with Crippen LogP contribution in [0.4, 0.5) is 4.39 Å². The molecular formula is C18H15F. The number of benzene rings is 3. The molecule has 0 aliphatic heterocycles. The number of halogens is 1. The molecule has 0 bridgehead atoms.